The Kier molecular flexibility index (Phi) is 4.92. The maximum atomic E-state index is 5.86. The van der Waals surface area contributed by atoms with E-state index in [1.165, 1.54) is 5.56 Å². The van der Waals surface area contributed by atoms with E-state index in [0.29, 0.717) is 0 Å². The first-order valence-corrected chi connectivity index (χ1v) is 9.16. The second-order valence-corrected chi connectivity index (χ2v) is 7.59. The molecular weight excluding hydrogens is 462 g/mol. The summed E-state index contributed by atoms with van der Waals surface area (Å²) in [5, 5.41) is 3.64. The molecule has 0 radical (unpaired) electrons. The number of benzene rings is 2. The van der Waals surface area contributed by atoms with Crippen molar-refractivity contribution < 1.29 is 4.74 Å². The molecule has 2 aromatic carbocycles. The lowest BCUT2D eigenvalue weighted by Crippen LogP contribution is -2.11. The van der Waals surface area contributed by atoms with Crippen LogP contribution in [0, 0.1) is 0 Å². The standard InChI is InChI=1S/C16H14Br3NO/c17-10-6-7-11-14(5-2-8-21-15(11)9-10)20-16-12(18)3-1-4-13(16)19/h1,3-4,6-7,9,14,20H,2,5,8H2. The van der Waals surface area contributed by atoms with Gasteiger partial charge >= 0.3 is 0 Å². The van der Waals surface area contributed by atoms with Gasteiger partial charge in [0.2, 0.25) is 0 Å². The van der Waals surface area contributed by atoms with Gasteiger partial charge in [-0.2, -0.15) is 0 Å². The summed E-state index contributed by atoms with van der Waals surface area (Å²) in [5.74, 6) is 0.961. The van der Waals surface area contributed by atoms with Gasteiger partial charge in [0.05, 0.1) is 18.3 Å². The fourth-order valence-electron chi connectivity index (χ4n) is 2.51. The van der Waals surface area contributed by atoms with Crippen molar-refractivity contribution in [1.29, 1.82) is 0 Å². The molecule has 0 bridgehead atoms. The van der Waals surface area contributed by atoms with Crippen molar-refractivity contribution in [2.24, 2.45) is 0 Å². The highest BCUT2D eigenvalue weighted by molar-refractivity contribution is 9.11. The molecule has 0 aromatic heterocycles. The number of anilines is 1. The molecule has 1 N–H and O–H groups in total. The van der Waals surface area contributed by atoms with Crippen LogP contribution in [-0.4, -0.2) is 6.61 Å². The van der Waals surface area contributed by atoms with Gasteiger partial charge in [0.25, 0.3) is 0 Å². The van der Waals surface area contributed by atoms with E-state index in [1.807, 2.05) is 24.3 Å². The summed E-state index contributed by atoms with van der Waals surface area (Å²) >= 11 is 10.7. The molecule has 2 aromatic rings. The van der Waals surface area contributed by atoms with Gasteiger partial charge in [-0.1, -0.05) is 28.1 Å². The SMILES string of the molecule is Brc1ccc2c(c1)OCCCC2Nc1c(Br)cccc1Br. The Balaban J connectivity index is 1.96. The van der Waals surface area contributed by atoms with Crippen molar-refractivity contribution >= 4 is 53.5 Å². The van der Waals surface area contributed by atoms with E-state index >= 15 is 0 Å². The zero-order valence-electron chi connectivity index (χ0n) is 11.2. The van der Waals surface area contributed by atoms with Gasteiger partial charge in [-0.25, -0.2) is 0 Å². The van der Waals surface area contributed by atoms with Crippen molar-refractivity contribution in [3.63, 3.8) is 0 Å². The van der Waals surface area contributed by atoms with Crippen LogP contribution in [0.2, 0.25) is 0 Å². The Labute approximate surface area is 149 Å². The third kappa shape index (κ3) is 3.46. The molecule has 1 aliphatic rings. The van der Waals surface area contributed by atoms with Crippen molar-refractivity contribution in [3.8, 4) is 5.75 Å². The number of para-hydroxylation sites is 1. The van der Waals surface area contributed by atoms with Crippen LogP contribution in [-0.2, 0) is 0 Å². The molecule has 1 heterocycles. The van der Waals surface area contributed by atoms with Crippen molar-refractivity contribution in [2.45, 2.75) is 18.9 Å². The lowest BCUT2D eigenvalue weighted by molar-refractivity contribution is 0.316. The summed E-state index contributed by atoms with van der Waals surface area (Å²) in [6.07, 6.45) is 2.08. The zero-order valence-corrected chi connectivity index (χ0v) is 16.0. The highest BCUT2D eigenvalue weighted by Crippen LogP contribution is 2.39. The molecule has 1 aliphatic heterocycles. The van der Waals surface area contributed by atoms with Gasteiger partial charge in [-0.3, -0.25) is 0 Å². The van der Waals surface area contributed by atoms with E-state index in [4.69, 9.17) is 4.74 Å². The lowest BCUT2D eigenvalue weighted by atomic mass is 10.0. The highest BCUT2D eigenvalue weighted by Gasteiger charge is 2.21. The molecule has 0 saturated carbocycles. The molecule has 5 heteroatoms. The first-order chi connectivity index (χ1) is 10.1. The van der Waals surface area contributed by atoms with Crippen LogP contribution < -0.4 is 10.1 Å². The Bertz CT molecular complexity index is 640. The predicted octanol–water partition coefficient (Wildman–Crippen LogP) is 6.30. The molecule has 110 valence electrons. The molecule has 0 spiro atoms. The predicted molar refractivity (Wildman–Crippen MR) is 97.1 cm³/mol. The highest BCUT2D eigenvalue weighted by atomic mass is 79.9. The minimum absolute atomic E-state index is 0.241. The maximum Gasteiger partial charge on any atom is 0.125 e. The smallest absolute Gasteiger partial charge is 0.125 e. The second kappa shape index (κ2) is 6.71. The summed E-state index contributed by atoms with van der Waals surface area (Å²) in [4.78, 5) is 0. The van der Waals surface area contributed by atoms with Crippen LogP contribution in [0.15, 0.2) is 49.8 Å². The van der Waals surface area contributed by atoms with E-state index in [0.717, 1.165) is 44.3 Å². The van der Waals surface area contributed by atoms with Crippen LogP contribution in [0.1, 0.15) is 24.4 Å². The maximum absolute atomic E-state index is 5.86. The first-order valence-electron chi connectivity index (χ1n) is 6.78. The molecule has 0 amide bonds. The summed E-state index contributed by atoms with van der Waals surface area (Å²) < 4.78 is 9.02. The van der Waals surface area contributed by atoms with Crippen LogP contribution in [0.4, 0.5) is 5.69 Å². The Morgan fingerprint density at radius 2 is 1.81 bits per heavy atom. The third-order valence-corrected chi connectivity index (χ3v) is 5.34. The fourth-order valence-corrected chi connectivity index (χ4v) is 4.07. The summed E-state index contributed by atoms with van der Waals surface area (Å²) in [5.41, 5.74) is 2.29. The van der Waals surface area contributed by atoms with E-state index in [-0.39, 0.29) is 6.04 Å². The largest absolute Gasteiger partial charge is 0.493 e. The Morgan fingerprint density at radius 1 is 1.05 bits per heavy atom. The number of nitrogens with one attached hydrogen (secondary N) is 1. The van der Waals surface area contributed by atoms with Gasteiger partial charge in [-0.15, -0.1) is 0 Å². The third-order valence-electron chi connectivity index (χ3n) is 3.53. The molecule has 0 saturated heterocycles. The molecule has 0 fully saturated rings. The van der Waals surface area contributed by atoms with Crippen LogP contribution in [0.3, 0.4) is 0 Å². The lowest BCUT2D eigenvalue weighted by Gasteiger charge is -2.21. The van der Waals surface area contributed by atoms with Gasteiger partial charge < -0.3 is 10.1 Å². The number of fused-ring (bicyclic) bond motifs is 1. The van der Waals surface area contributed by atoms with Crippen molar-refractivity contribution in [3.05, 3.63) is 55.4 Å². The summed E-state index contributed by atoms with van der Waals surface area (Å²) in [7, 11) is 0. The quantitative estimate of drug-likeness (QED) is 0.550. The van der Waals surface area contributed by atoms with Gasteiger partial charge in [0, 0.05) is 19.0 Å². The summed E-state index contributed by atoms with van der Waals surface area (Å²) in [6.45, 7) is 0.763. The van der Waals surface area contributed by atoms with Crippen LogP contribution >= 0.6 is 47.8 Å². The number of rotatable bonds is 2. The molecule has 2 nitrogen and oxygen atoms in total. The number of hydrogen-bond donors (Lipinski definition) is 1. The van der Waals surface area contributed by atoms with E-state index in [1.54, 1.807) is 0 Å². The molecule has 0 aliphatic carbocycles. The number of hydrogen-bond acceptors (Lipinski definition) is 2. The average molecular weight is 476 g/mol. The molecule has 21 heavy (non-hydrogen) atoms. The van der Waals surface area contributed by atoms with Crippen molar-refractivity contribution in [1.82, 2.24) is 0 Å². The van der Waals surface area contributed by atoms with Gasteiger partial charge in [0.15, 0.2) is 0 Å². The monoisotopic (exact) mass is 473 g/mol. The van der Waals surface area contributed by atoms with Gasteiger partial charge in [0.1, 0.15) is 5.75 Å². The Hall–Kier alpha value is -0.520. The molecule has 1 atom stereocenters. The first kappa shape index (κ1) is 15.4. The number of ether oxygens (including phenoxy) is 1. The second-order valence-electron chi connectivity index (χ2n) is 4.97. The molecular formula is C16H14Br3NO. The molecule has 1 unspecified atom stereocenters. The number of halogens is 3. The normalized spacial score (nSPS) is 17.6. The van der Waals surface area contributed by atoms with E-state index in [2.05, 4.69) is 65.2 Å². The minimum atomic E-state index is 0.241. The van der Waals surface area contributed by atoms with Crippen LogP contribution in [0.25, 0.3) is 0 Å². The zero-order chi connectivity index (χ0) is 14.8. The van der Waals surface area contributed by atoms with E-state index < -0.39 is 0 Å². The molecule has 3 rings (SSSR count). The summed E-state index contributed by atoms with van der Waals surface area (Å²) in [6, 6.07) is 12.6. The topological polar surface area (TPSA) is 21.3 Å². The van der Waals surface area contributed by atoms with E-state index in [9.17, 15) is 0 Å². The average Bonchev–Trinajstić information content (AvgIpc) is 2.65. The fraction of sp³-hybridized carbons (Fsp3) is 0.250. The minimum Gasteiger partial charge on any atom is -0.493 e. The Morgan fingerprint density at radius 3 is 2.57 bits per heavy atom. The van der Waals surface area contributed by atoms with Crippen molar-refractivity contribution in [2.75, 3.05) is 11.9 Å². The van der Waals surface area contributed by atoms with Crippen LogP contribution in [0.5, 0.6) is 5.75 Å². The van der Waals surface area contributed by atoms with Gasteiger partial charge in [-0.05, 0) is 69.0 Å².